The van der Waals surface area contributed by atoms with Gasteiger partial charge in [0.25, 0.3) is 0 Å². The molecule has 1 aromatic carbocycles. The number of hydrogen-bond acceptors (Lipinski definition) is 4. The maximum atomic E-state index is 5.40. The normalized spacial score (nSPS) is 19.1. The highest BCUT2D eigenvalue weighted by molar-refractivity contribution is 5.62. The van der Waals surface area contributed by atoms with Crippen LogP contribution in [0.2, 0.25) is 0 Å². The van der Waals surface area contributed by atoms with Crippen LogP contribution in [0.15, 0.2) is 12.1 Å². The van der Waals surface area contributed by atoms with Crippen molar-refractivity contribution in [3.05, 3.63) is 17.7 Å². The molecule has 0 spiro atoms. The van der Waals surface area contributed by atoms with Crippen molar-refractivity contribution in [3.8, 4) is 11.5 Å². The highest BCUT2D eigenvalue weighted by Gasteiger charge is 2.17. The van der Waals surface area contributed by atoms with E-state index in [-0.39, 0.29) is 0 Å². The van der Waals surface area contributed by atoms with Crippen LogP contribution in [0.1, 0.15) is 12.0 Å². The molecule has 0 amide bonds. The third kappa shape index (κ3) is 2.64. The second-order valence-corrected chi connectivity index (χ2v) is 4.36. The van der Waals surface area contributed by atoms with Gasteiger partial charge in [0.2, 0.25) is 0 Å². The van der Waals surface area contributed by atoms with Gasteiger partial charge in [0, 0.05) is 18.7 Å². The molecule has 94 valence electrons. The van der Waals surface area contributed by atoms with Crippen LogP contribution < -0.4 is 20.1 Å². The Balaban J connectivity index is 2.23. The summed E-state index contributed by atoms with van der Waals surface area (Å²) in [6, 6.07) is 4.48. The van der Waals surface area contributed by atoms with Gasteiger partial charge in [-0.2, -0.15) is 0 Å². The second-order valence-electron chi connectivity index (χ2n) is 4.36. The minimum absolute atomic E-state index is 0.469. The van der Waals surface area contributed by atoms with E-state index in [9.17, 15) is 0 Å². The zero-order valence-electron chi connectivity index (χ0n) is 10.7. The fourth-order valence-electron chi connectivity index (χ4n) is 2.16. The zero-order valence-corrected chi connectivity index (χ0v) is 10.7. The van der Waals surface area contributed by atoms with Crippen molar-refractivity contribution in [2.75, 3.05) is 32.6 Å². The van der Waals surface area contributed by atoms with Gasteiger partial charge in [-0.15, -0.1) is 0 Å². The molecular formula is C13H20N2O2. The first-order valence-corrected chi connectivity index (χ1v) is 5.94. The summed E-state index contributed by atoms with van der Waals surface area (Å²) < 4.78 is 10.7. The molecule has 0 saturated carbocycles. The zero-order chi connectivity index (χ0) is 12.3. The number of nitrogens with one attached hydrogen (secondary N) is 2. The summed E-state index contributed by atoms with van der Waals surface area (Å²) in [4.78, 5) is 0. The fraction of sp³-hybridized carbons (Fsp3) is 0.538. The highest BCUT2D eigenvalue weighted by Crippen LogP contribution is 2.33. The number of anilines is 1. The van der Waals surface area contributed by atoms with Crippen LogP contribution in [0.5, 0.6) is 11.5 Å². The van der Waals surface area contributed by atoms with Gasteiger partial charge in [0.05, 0.1) is 19.9 Å². The molecule has 0 aliphatic carbocycles. The van der Waals surface area contributed by atoms with Crippen LogP contribution in [0.4, 0.5) is 5.69 Å². The Kier molecular flexibility index (Phi) is 3.74. The van der Waals surface area contributed by atoms with Crippen molar-refractivity contribution >= 4 is 5.69 Å². The number of methoxy groups -OCH3 is 2. The molecule has 17 heavy (non-hydrogen) atoms. The molecule has 4 heteroatoms. The Morgan fingerprint density at radius 3 is 2.59 bits per heavy atom. The van der Waals surface area contributed by atoms with Crippen molar-refractivity contribution in [1.29, 1.82) is 0 Å². The molecule has 1 unspecified atom stereocenters. The Morgan fingerprint density at radius 1 is 1.24 bits per heavy atom. The van der Waals surface area contributed by atoms with Gasteiger partial charge >= 0.3 is 0 Å². The van der Waals surface area contributed by atoms with Crippen LogP contribution >= 0.6 is 0 Å². The average Bonchev–Trinajstić information content (AvgIpc) is 2.83. The van der Waals surface area contributed by atoms with Crippen LogP contribution in [-0.2, 0) is 0 Å². The molecule has 0 radical (unpaired) electrons. The summed E-state index contributed by atoms with van der Waals surface area (Å²) in [5.74, 6) is 1.76. The third-order valence-electron chi connectivity index (χ3n) is 3.14. The molecule has 1 aromatic rings. The van der Waals surface area contributed by atoms with Gasteiger partial charge in [0.1, 0.15) is 11.5 Å². The van der Waals surface area contributed by atoms with Crippen LogP contribution in [0.3, 0.4) is 0 Å². The first kappa shape index (κ1) is 12.0. The lowest BCUT2D eigenvalue weighted by molar-refractivity contribution is 0.401. The second kappa shape index (κ2) is 5.27. The quantitative estimate of drug-likeness (QED) is 0.836. The smallest absolute Gasteiger partial charge is 0.142 e. The molecule has 1 aliphatic heterocycles. The molecule has 1 heterocycles. The minimum Gasteiger partial charge on any atom is -0.496 e. The first-order valence-electron chi connectivity index (χ1n) is 5.94. The average molecular weight is 236 g/mol. The topological polar surface area (TPSA) is 42.5 Å². The van der Waals surface area contributed by atoms with E-state index in [1.54, 1.807) is 14.2 Å². The summed E-state index contributed by atoms with van der Waals surface area (Å²) >= 11 is 0. The van der Waals surface area contributed by atoms with Crippen LogP contribution in [-0.4, -0.2) is 33.4 Å². The SMILES string of the molecule is COc1cc(NC2CCNC2)c(OC)cc1C. The Morgan fingerprint density at radius 2 is 2.00 bits per heavy atom. The van der Waals surface area contributed by atoms with Gasteiger partial charge in [-0.3, -0.25) is 0 Å². The van der Waals surface area contributed by atoms with Gasteiger partial charge in [-0.1, -0.05) is 0 Å². The van der Waals surface area contributed by atoms with Crippen molar-refractivity contribution < 1.29 is 9.47 Å². The van der Waals surface area contributed by atoms with E-state index in [1.165, 1.54) is 0 Å². The summed E-state index contributed by atoms with van der Waals surface area (Å²) in [6.07, 6.45) is 1.14. The number of aryl methyl sites for hydroxylation is 1. The Hall–Kier alpha value is -1.42. The van der Waals surface area contributed by atoms with E-state index in [2.05, 4.69) is 10.6 Å². The van der Waals surface area contributed by atoms with Gasteiger partial charge in [-0.05, 0) is 31.5 Å². The number of hydrogen-bond donors (Lipinski definition) is 2. The van der Waals surface area contributed by atoms with E-state index < -0.39 is 0 Å². The molecule has 2 rings (SSSR count). The molecule has 1 fully saturated rings. The molecule has 1 saturated heterocycles. The predicted molar refractivity (Wildman–Crippen MR) is 69.2 cm³/mol. The van der Waals surface area contributed by atoms with Gasteiger partial charge in [0.15, 0.2) is 0 Å². The standard InChI is InChI=1S/C13H20N2O2/c1-9-6-13(17-3)11(7-12(9)16-2)15-10-4-5-14-8-10/h6-7,10,14-15H,4-5,8H2,1-3H3. The molecule has 2 N–H and O–H groups in total. The largest absolute Gasteiger partial charge is 0.496 e. The van der Waals surface area contributed by atoms with Gasteiger partial charge < -0.3 is 20.1 Å². The Labute approximate surface area is 102 Å². The van der Waals surface area contributed by atoms with E-state index >= 15 is 0 Å². The van der Waals surface area contributed by atoms with Crippen molar-refractivity contribution in [2.45, 2.75) is 19.4 Å². The van der Waals surface area contributed by atoms with Crippen molar-refractivity contribution in [1.82, 2.24) is 5.32 Å². The fourth-order valence-corrected chi connectivity index (χ4v) is 2.16. The van der Waals surface area contributed by atoms with E-state index in [4.69, 9.17) is 9.47 Å². The molecule has 1 aliphatic rings. The van der Waals surface area contributed by atoms with Crippen molar-refractivity contribution in [3.63, 3.8) is 0 Å². The molecule has 0 aromatic heterocycles. The lowest BCUT2D eigenvalue weighted by Gasteiger charge is -2.18. The number of benzene rings is 1. The van der Waals surface area contributed by atoms with Gasteiger partial charge in [-0.25, -0.2) is 0 Å². The summed E-state index contributed by atoms with van der Waals surface area (Å²) in [7, 11) is 3.38. The van der Waals surface area contributed by atoms with Crippen LogP contribution in [0, 0.1) is 6.92 Å². The molecule has 1 atom stereocenters. The summed E-state index contributed by atoms with van der Waals surface area (Å²) in [6.45, 7) is 4.09. The van der Waals surface area contributed by atoms with Crippen molar-refractivity contribution in [2.24, 2.45) is 0 Å². The summed E-state index contributed by atoms with van der Waals surface area (Å²) in [5, 5.41) is 6.83. The predicted octanol–water partition coefficient (Wildman–Crippen LogP) is 1.79. The monoisotopic (exact) mass is 236 g/mol. The number of ether oxygens (including phenoxy) is 2. The van der Waals surface area contributed by atoms with E-state index in [0.717, 1.165) is 42.3 Å². The third-order valence-corrected chi connectivity index (χ3v) is 3.14. The van der Waals surface area contributed by atoms with Crippen LogP contribution in [0.25, 0.3) is 0 Å². The molecule has 0 bridgehead atoms. The lowest BCUT2D eigenvalue weighted by atomic mass is 10.1. The maximum absolute atomic E-state index is 5.40. The van der Waals surface area contributed by atoms with E-state index in [1.807, 2.05) is 19.1 Å². The summed E-state index contributed by atoms with van der Waals surface area (Å²) in [5.41, 5.74) is 2.09. The van der Waals surface area contributed by atoms with E-state index in [0.29, 0.717) is 6.04 Å². The maximum Gasteiger partial charge on any atom is 0.142 e. The Bertz CT molecular complexity index is 387. The number of rotatable bonds is 4. The highest BCUT2D eigenvalue weighted by atomic mass is 16.5. The molecule has 4 nitrogen and oxygen atoms in total. The lowest BCUT2D eigenvalue weighted by Crippen LogP contribution is -2.22. The minimum atomic E-state index is 0.469. The first-order chi connectivity index (χ1) is 8.24. The molecular weight excluding hydrogens is 216 g/mol.